The van der Waals surface area contributed by atoms with E-state index in [2.05, 4.69) is 21.5 Å². The van der Waals surface area contributed by atoms with Crippen LogP contribution in [0.4, 0.5) is 0 Å². The molecule has 2 aromatic heterocycles. The molecule has 27 heavy (non-hydrogen) atoms. The first kappa shape index (κ1) is 17.5. The molecular weight excluding hydrogens is 342 g/mol. The maximum atomic E-state index is 11.4. The predicted octanol–water partition coefficient (Wildman–Crippen LogP) is 2.28. The molecule has 1 aromatic carbocycles. The minimum absolute atomic E-state index is 0.234. The Balaban J connectivity index is 1.58. The number of nitrogens with one attached hydrogen (secondary N) is 1. The molecule has 1 fully saturated rings. The normalized spacial score (nSPS) is 17.3. The van der Waals surface area contributed by atoms with Crippen molar-refractivity contribution in [2.24, 2.45) is 5.73 Å². The second kappa shape index (κ2) is 7.36. The lowest BCUT2D eigenvalue weighted by molar-refractivity contribution is 0.100. The number of benzene rings is 1. The van der Waals surface area contributed by atoms with Gasteiger partial charge in [0.25, 0.3) is 5.91 Å². The van der Waals surface area contributed by atoms with Crippen LogP contribution in [0.25, 0.3) is 16.8 Å². The van der Waals surface area contributed by atoms with Gasteiger partial charge in [0.15, 0.2) is 5.65 Å². The van der Waals surface area contributed by atoms with Crippen molar-refractivity contribution in [2.75, 3.05) is 6.54 Å². The van der Waals surface area contributed by atoms with Crippen molar-refractivity contribution in [3.8, 4) is 16.9 Å². The number of phenolic OH excluding ortho intramolecular Hbond substituents is 1. The average Bonchev–Trinajstić information content (AvgIpc) is 3.10. The van der Waals surface area contributed by atoms with Crippen molar-refractivity contribution in [1.82, 2.24) is 19.9 Å². The van der Waals surface area contributed by atoms with Crippen molar-refractivity contribution in [1.29, 1.82) is 0 Å². The number of nitrogens with zero attached hydrogens (tertiary/aromatic N) is 3. The van der Waals surface area contributed by atoms with Crippen molar-refractivity contribution in [2.45, 2.75) is 38.1 Å². The Morgan fingerprint density at radius 3 is 2.93 bits per heavy atom. The van der Waals surface area contributed by atoms with Gasteiger partial charge in [0.05, 0.1) is 6.20 Å². The summed E-state index contributed by atoms with van der Waals surface area (Å²) in [7, 11) is 0. The first-order chi connectivity index (χ1) is 13.1. The van der Waals surface area contributed by atoms with E-state index in [0.717, 1.165) is 36.1 Å². The summed E-state index contributed by atoms with van der Waals surface area (Å²) in [5, 5.41) is 17.9. The van der Waals surface area contributed by atoms with E-state index in [9.17, 15) is 9.90 Å². The van der Waals surface area contributed by atoms with Crippen molar-refractivity contribution in [3.63, 3.8) is 0 Å². The average molecular weight is 365 g/mol. The van der Waals surface area contributed by atoms with Gasteiger partial charge < -0.3 is 16.2 Å². The van der Waals surface area contributed by atoms with Crippen LogP contribution in [0.3, 0.4) is 0 Å². The van der Waals surface area contributed by atoms with Gasteiger partial charge in [-0.15, -0.1) is 0 Å². The van der Waals surface area contributed by atoms with Gasteiger partial charge in [-0.05, 0) is 55.5 Å². The topological polar surface area (TPSA) is 106 Å². The molecule has 0 bridgehead atoms. The minimum atomic E-state index is -0.554. The van der Waals surface area contributed by atoms with Crippen LogP contribution in [0.2, 0.25) is 0 Å². The largest absolute Gasteiger partial charge is 0.508 e. The zero-order valence-electron chi connectivity index (χ0n) is 15.1. The highest BCUT2D eigenvalue weighted by Gasteiger charge is 2.14. The molecule has 1 aliphatic rings. The fourth-order valence-corrected chi connectivity index (χ4v) is 3.69. The van der Waals surface area contributed by atoms with Gasteiger partial charge in [-0.3, -0.25) is 4.79 Å². The lowest BCUT2D eigenvalue weighted by Gasteiger charge is -2.23. The monoisotopic (exact) mass is 365 g/mol. The zero-order chi connectivity index (χ0) is 18.8. The van der Waals surface area contributed by atoms with Crippen LogP contribution in [0.1, 0.15) is 41.6 Å². The van der Waals surface area contributed by atoms with E-state index in [4.69, 9.17) is 5.73 Å². The first-order valence-corrected chi connectivity index (χ1v) is 9.30. The van der Waals surface area contributed by atoms with Gasteiger partial charge in [0.2, 0.25) is 0 Å². The Hall–Kier alpha value is -2.93. The molecule has 1 atom stereocenters. The Labute approximate surface area is 157 Å². The van der Waals surface area contributed by atoms with Crippen LogP contribution < -0.4 is 11.1 Å². The second-order valence-electron chi connectivity index (χ2n) is 7.11. The number of carbonyl (C=O) groups is 1. The fraction of sp³-hybridized carbons (Fsp3) is 0.350. The molecule has 0 radical (unpaired) electrons. The Kier molecular flexibility index (Phi) is 4.77. The molecule has 3 aromatic rings. The number of carbonyl (C=O) groups excluding carboxylic acids is 1. The molecule has 0 saturated carbocycles. The Morgan fingerprint density at radius 1 is 1.26 bits per heavy atom. The SMILES string of the molecule is NC(=O)c1cnn2cc(-c3cc(O)cc(CCC4CCCCN4)c3)cnc12. The van der Waals surface area contributed by atoms with Gasteiger partial charge in [0, 0.05) is 24.0 Å². The highest BCUT2D eigenvalue weighted by Crippen LogP contribution is 2.27. The van der Waals surface area contributed by atoms with E-state index in [1.807, 2.05) is 6.07 Å². The first-order valence-electron chi connectivity index (χ1n) is 9.30. The molecule has 3 heterocycles. The molecule has 4 rings (SSSR count). The Bertz CT molecular complexity index is 976. The van der Waals surface area contributed by atoms with Gasteiger partial charge in [0.1, 0.15) is 11.3 Å². The number of hydrogen-bond acceptors (Lipinski definition) is 5. The van der Waals surface area contributed by atoms with Crippen LogP contribution >= 0.6 is 0 Å². The van der Waals surface area contributed by atoms with E-state index >= 15 is 0 Å². The summed E-state index contributed by atoms with van der Waals surface area (Å²) in [4.78, 5) is 15.7. The van der Waals surface area contributed by atoms with Gasteiger partial charge in [-0.1, -0.05) is 12.5 Å². The molecule has 0 aliphatic carbocycles. The summed E-state index contributed by atoms with van der Waals surface area (Å²) in [5.74, 6) is -0.321. The molecule has 140 valence electrons. The standard InChI is InChI=1S/C20H23N5O2/c21-19(27)18-11-24-25-12-15(10-23-20(18)25)14-7-13(8-17(26)9-14)4-5-16-3-1-2-6-22-16/h7-12,16,22,26H,1-6H2,(H2,21,27). The zero-order valence-corrected chi connectivity index (χ0v) is 15.1. The molecule has 1 unspecified atom stereocenters. The summed E-state index contributed by atoms with van der Waals surface area (Å²) in [6.07, 6.45) is 10.6. The van der Waals surface area contributed by atoms with Crippen molar-refractivity contribution in [3.05, 3.63) is 47.9 Å². The predicted molar refractivity (Wildman–Crippen MR) is 103 cm³/mol. The van der Waals surface area contributed by atoms with E-state index in [1.165, 1.54) is 30.0 Å². The molecule has 7 heteroatoms. The molecule has 1 saturated heterocycles. The third-order valence-electron chi connectivity index (χ3n) is 5.13. The lowest BCUT2D eigenvalue weighted by Crippen LogP contribution is -2.34. The quantitative estimate of drug-likeness (QED) is 0.643. The summed E-state index contributed by atoms with van der Waals surface area (Å²) >= 11 is 0. The molecule has 0 spiro atoms. The Morgan fingerprint density at radius 2 is 2.15 bits per heavy atom. The third kappa shape index (κ3) is 3.78. The summed E-state index contributed by atoms with van der Waals surface area (Å²) in [6, 6.07) is 6.16. The van der Waals surface area contributed by atoms with E-state index in [1.54, 1.807) is 18.5 Å². The molecule has 4 N–H and O–H groups in total. The number of rotatable bonds is 5. The third-order valence-corrected chi connectivity index (χ3v) is 5.13. The lowest BCUT2D eigenvalue weighted by atomic mass is 9.96. The van der Waals surface area contributed by atoms with Crippen LogP contribution in [-0.4, -0.2) is 38.2 Å². The minimum Gasteiger partial charge on any atom is -0.508 e. The maximum Gasteiger partial charge on any atom is 0.254 e. The number of primary amides is 1. The smallest absolute Gasteiger partial charge is 0.254 e. The van der Waals surface area contributed by atoms with Gasteiger partial charge in [-0.25, -0.2) is 9.50 Å². The van der Waals surface area contributed by atoms with Crippen molar-refractivity contribution >= 4 is 11.6 Å². The van der Waals surface area contributed by atoms with Crippen LogP contribution in [0.5, 0.6) is 5.75 Å². The van der Waals surface area contributed by atoms with E-state index in [-0.39, 0.29) is 11.3 Å². The van der Waals surface area contributed by atoms with Gasteiger partial charge >= 0.3 is 0 Å². The maximum absolute atomic E-state index is 11.4. The summed E-state index contributed by atoms with van der Waals surface area (Å²) in [5.41, 5.74) is 8.83. The number of phenols is 1. The number of fused-ring (bicyclic) bond motifs is 1. The van der Waals surface area contributed by atoms with E-state index in [0.29, 0.717) is 11.7 Å². The number of nitrogens with two attached hydrogens (primary N) is 1. The molecule has 1 amide bonds. The van der Waals surface area contributed by atoms with Crippen molar-refractivity contribution < 1.29 is 9.90 Å². The summed E-state index contributed by atoms with van der Waals surface area (Å²) in [6.45, 7) is 1.10. The number of hydrogen-bond donors (Lipinski definition) is 3. The van der Waals surface area contributed by atoms with Crippen LogP contribution in [0.15, 0.2) is 36.8 Å². The number of amides is 1. The molecule has 7 nitrogen and oxygen atoms in total. The second-order valence-corrected chi connectivity index (χ2v) is 7.11. The fourth-order valence-electron chi connectivity index (χ4n) is 3.69. The number of aromatic hydroxyl groups is 1. The number of aromatic nitrogens is 3. The number of aryl methyl sites for hydroxylation is 1. The molecule has 1 aliphatic heterocycles. The highest BCUT2D eigenvalue weighted by atomic mass is 16.3. The van der Waals surface area contributed by atoms with E-state index < -0.39 is 5.91 Å². The van der Waals surface area contributed by atoms with Gasteiger partial charge in [-0.2, -0.15) is 5.10 Å². The van der Waals surface area contributed by atoms with Crippen LogP contribution in [0, 0.1) is 0 Å². The van der Waals surface area contributed by atoms with Crippen LogP contribution in [-0.2, 0) is 6.42 Å². The molecular formula is C20H23N5O2. The number of piperidine rings is 1. The highest BCUT2D eigenvalue weighted by molar-refractivity contribution is 5.98. The summed E-state index contributed by atoms with van der Waals surface area (Å²) < 4.78 is 1.53.